The minimum Gasteiger partial charge on any atom is -0.487 e. The second kappa shape index (κ2) is 6.56. The second-order valence-electron chi connectivity index (χ2n) is 6.61. The molecule has 1 atom stereocenters. The molecule has 5 heteroatoms. The molecule has 126 valence electrons. The van der Waals surface area contributed by atoms with Gasteiger partial charge in [-0.15, -0.1) is 0 Å². The zero-order chi connectivity index (χ0) is 17.2. The van der Waals surface area contributed by atoms with Crippen LogP contribution in [0, 0.1) is 11.3 Å². The minimum absolute atomic E-state index is 0.0173. The van der Waals surface area contributed by atoms with E-state index in [2.05, 4.69) is 17.1 Å². The lowest BCUT2D eigenvalue weighted by Crippen LogP contribution is -2.57. The molecule has 2 aliphatic rings. The van der Waals surface area contributed by atoms with Crippen molar-refractivity contribution in [2.24, 2.45) is 0 Å². The van der Waals surface area contributed by atoms with Crippen molar-refractivity contribution in [1.29, 1.82) is 5.26 Å². The Morgan fingerprint density at radius 1 is 1.24 bits per heavy atom. The molecule has 0 N–H and O–H groups in total. The number of hydrogen-bond donors (Lipinski definition) is 0. The van der Waals surface area contributed by atoms with Crippen molar-refractivity contribution in [2.45, 2.75) is 31.3 Å². The number of nitriles is 1. The minimum atomic E-state index is -0.110. The largest absolute Gasteiger partial charge is 0.487 e. The van der Waals surface area contributed by atoms with E-state index in [1.165, 1.54) is 5.56 Å². The fourth-order valence-corrected chi connectivity index (χ4v) is 3.56. The highest BCUT2D eigenvalue weighted by Crippen LogP contribution is 2.32. The Balaban J connectivity index is 1.36. The molecule has 25 heavy (non-hydrogen) atoms. The summed E-state index contributed by atoms with van der Waals surface area (Å²) in [6, 6.07) is 13.2. The van der Waals surface area contributed by atoms with Gasteiger partial charge in [0.1, 0.15) is 11.9 Å². The van der Waals surface area contributed by atoms with Crippen molar-refractivity contribution < 1.29 is 9.53 Å². The zero-order valence-corrected chi connectivity index (χ0v) is 13.9. The maximum atomic E-state index is 12.8. The van der Waals surface area contributed by atoms with Crippen LogP contribution in [0.5, 0.6) is 5.75 Å². The standard InChI is InChI=1S/C20H19N3O2/c21-11-14-6-8-16(9-7-14)25-17-12-23(13-17)20(24)18-5-1-3-15-4-2-10-22-19(15)18/h2,4,6-10,17-18H,1,3,5,12-13H2. The Hall–Kier alpha value is -2.87. The predicted molar refractivity (Wildman–Crippen MR) is 92.1 cm³/mol. The van der Waals surface area contributed by atoms with E-state index in [-0.39, 0.29) is 17.9 Å². The third-order valence-electron chi connectivity index (χ3n) is 4.94. The molecule has 0 bridgehead atoms. The summed E-state index contributed by atoms with van der Waals surface area (Å²) in [6.07, 6.45) is 4.72. The first-order valence-corrected chi connectivity index (χ1v) is 8.64. The van der Waals surface area contributed by atoms with Gasteiger partial charge in [0.2, 0.25) is 5.91 Å². The lowest BCUT2D eigenvalue weighted by Gasteiger charge is -2.41. The van der Waals surface area contributed by atoms with Crippen LogP contribution in [0.1, 0.15) is 35.6 Å². The molecule has 1 amide bonds. The summed E-state index contributed by atoms with van der Waals surface area (Å²) in [4.78, 5) is 19.1. The van der Waals surface area contributed by atoms with Crippen LogP contribution in [0.4, 0.5) is 0 Å². The van der Waals surface area contributed by atoms with Crippen LogP contribution < -0.4 is 4.74 Å². The predicted octanol–water partition coefficient (Wildman–Crippen LogP) is 2.66. The molecule has 1 aromatic carbocycles. The summed E-state index contributed by atoms with van der Waals surface area (Å²) in [5.74, 6) is 0.793. The smallest absolute Gasteiger partial charge is 0.231 e. The van der Waals surface area contributed by atoms with E-state index >= 15 is 0 Å². The molecule has 1 unspecified atom stereocenters. The molecule has 1 aliphatic carbocycles. The van der Waals surface area contributed by atoms with Crippen molar-refractivity contribution in [1.82, 2.24) is 9.88 Å². The maximum Gasteiger partial charge on any atom is 0.231 e. The summed E-state index contributed by atoms with van der Waals surface area (Å²) in [6.45, 7) is 1.22. The van der Waals surface area contributed by atoms with Crippen LogP contribution in [-0.4, -0.2) is 35.0 Å². The first kappa shape index (κ1) is 15.6. The van der Waals surface area contributed by atoms with Crippen LogP contribution in [0.2, 0.25) is 0 Å². The first-order valence-electron chi connectivity index (χ1n) is 8.64. The SMILES string of the molecule is N#Cc1ccc(OC2CN(C(=O)C3CCCc4cccnc43)C2)cc1. The topological polar surface area (TPSA) is 66.2 Å². The average Bonchev–Trinajstić information content (AvgIpc) is 2.64. The van der Waals surface area contributed by atoms with E-state index in [9.17, 15) is 4.79 Å². The normalized spacial score (nSPS) is 19.5. The first-order chi connectivity index (χ1) is 12.2. The number of ether oxygens (including phenoxy) is 1. The number of aryl methyl sites for hydroxylation is 1. The van der Waals surface area contributed by atoms with Gasteiger partial charge in [0.05, 0.1) is 36.3 Å². The van der Waals surface area contributed by atoms with Crippen molar-refractivity contribution in [3.05, 3.63) is 59.4 Å². The summed E-state index contributed by atoms with van der Waals surface area (Å²) in [5, 5.41) is 8.82. The average molecular weight is 333 g/mol. The van der Waals surface area contributed by atoms with Gasteiger partial charge in [-0.25, -0.2) is 0 Å². The number of aromatic nitrogens is 1. The van der Waals surface area contributed by atoms with Crippen molar-refractivity contribution in [3.63, 3.8) is 0 Å². The summed E-state index contributed by atoms with van der Waals surface area (Å²) < 4.78 is 5.87. The second-order valence-corrected chi connectivity index (χ2v) is 6.61. The molecular formula is C20H19N3O2. The fraction of sp³-hybridized carbons (Fsp3) is 0.350. The van der Waals surface area contributed by atoms with E-state index < -0.39 is 0 Å². The number of hydrogen-bond acceptors (Lipinski definition) is 4. The quantitative estimate of drug-likeness (QED) is 0.866. The molecule has 1 aromatic heterocycles. The molecule has 1 fully saturated rings. The number of fused-ring (bicyclic) bond motifs is 1. The Morgan fingerprint density at radius 2 is 2.04 bits per heavy atom. The summed E-state index contributed by atoms with van der Waals surface area (Å²) >= 11 is 0. The van der Waals surface area contributed by atoms with Gasteiger partial charge in [-0.3, -0.25) is 9.78 Å². The number of pyridine rings is 1. The van der Waals surface area contributed by atoms with E-state index in [1.54, 1.807) is 30.5 Å². The number of amides is 1. The molecule has 2 aromatic rings. The Kier molecular flexibility index (Phi) is 4.10. The van der Waals surface area contributed by atoms with Crippen LogP contribution in [0.15, 0.2) is 42.6 Å². The number of carbonyl (C=O) groups is 1. The molecule has 0 radical (unpaired) electrons. The lowest BCUT2D eigenvalue weighted by molar-refractivity contribution is -0.142. The maximum absolute atomic E-state index is 12.8. The number of benzene rings is 1. The molecule has 0 saturated carbocycles. The number of carbonyl (C=O) groups excluding carboxylic acids is 1. The summed E-state index contributed by atoms with van der Waals surface area (Å²) in [7, 11) is 0. The molecule has 5 nitrogen and oxygen atoms in total. The van der Waals surface area contributed by atoms with Crippen LogP contribution >= 0.6 is 0 Å². The Labute approximate surface area is 146 Å². The summed E-state index contributed by atoms with van der Waals surface area (Å²) in [5.41, 5.74) is 2.77. The molecule has 1 aliphatic heterocycles. The van der Waals surface area contributed by atoms with E-state index in [0.29, 0.717) is 18.7 Å². The van der Waals surface area contributed by atoms with E-state index in [4.69, 9.17) is 10.00 Å². The van der Waals surface area contributed by atoms with Gasteiger partial charge in [-0.05, 0) is 55.2 Å². The van der Waals surface area contributed by atoms with Gasteiger partial charge in [-0.2, -0.15) is 5.26 Å². The van der Waals surface area contributed by atoms with Gasteiger partial charge in [0.25, 0.3) is 0 Å². The van der Waals surface area contributed by atoms with Gasteiger partial charge in [0, 0.05) is 6.20 Å². The third kappa shape index (κ3) is 3.08. The van der Waals surface area contributed by atoms with Gasteiger partial charge in [-0.1, -0.05) is 6.07 Å². The molecule has 2 heterocycles. The van der Waals surface area contributed by atoms with Crippen LogP contribution in [0.3, 0.4) is 0 Å². The fourth-order valence-electron chi connectivity index (χ4n) is 3.56. The molecule has 1 saturated heterocycles. The van der Waals surface area contributed by atoms with Crippen LogP contribution in [-0.2, 0) is 11.2 Å². The third-order valence-corrected chi connectivity index (χ3v) is 4.94. The van der Waals surface area contributed by atoms with Gasteiger partial charge < -0.3 is 9.64 Å². The van der Waals surface area contributed by atoms with Crippen molar-refractivity contribution in [2.75, 3.05) is 13.1 Å². The molecular weight excluding hydrogens is 314 g/mol. The molecule has 4 rings (SSSR count). The highest BCUT2D eigenvalue weighted by atomic mass is 16.5. The monoisotopic (exact) mass is 333 g/mol. The van der Waals surface area contributed by atoms with Crippen LogP contribution in [0.25, 0.3) is 0 Å². The number of rotatable bonds is 3. The Morgan fingerprint density at radius 3 is 2.80 bits per heavy atom. The van der Waals surface area contributed by atoms with Gasteiger partial charge >= 0.3 is 0 Å². The van der Waals surface area contributed by atoms with E-state index in [0.717, 1.165) is 30.7 Å². The highest BCUT2D eigenvalue weighted by Gasteiger charge is 2.38. The van der Waals surface area contributed by atoms with Crippen molar-refractivity contribution in [3.8, 4) is 11.8 Å². The lowest BCUT2D eigenvalue weighted by atomic mass is 9.85. The number of nitrogens with zero attached hydrogens (tertiary/aromatic N) is 3. The van der Waals surface area contributed by atoms with Gasteiger partial charge in [0.15, 0.2) is 0 Å². The van der Waals surface area contributed by atoms with Crippen molar-refractivity contribution >= 4 is 5.91 Å². The number of likely N-dealkylation sites (tertiary alicyclic amines) is 1. The Bertz CT molecular complexity index is 820. The highest BCUT2D eigenvalue weighted by molar-refractivity contribution is 5.84. The zero-order valence-electron chi connectivity index (χ0n) is 13.9. The van der Waals surface area contributed by atoms with E-state index in [1.807, 2.05) is 11.0 Å². The molecule has 0 spiro atoms.